The maximum atomic E-state index is 12.2. The van der Waals surface area contributed by atoms with Crippen molar-refractivity contribution in [2.45, 2.75) is 25.8 Å². The normalized spacial score (nSPS) is 19.2. The van der Waals surface area contributed by atoms with Crippen molar-refractivity contribution in [1.82, 2.24) is 15.5 Å². The highest BCUT2D eigenvalue weighted by atomic mass is 16.6. The number of anilines is 1. The highest BCUT2D eigenvalue weighted by Crippen LogP contribution is 2.22. The van der Waals surface area contributed by atoms with Crippen molar-refractivity contribution in [2.24, 2.45) is 0 Å². The first-order valence-corrected chi connectivity index (χ1v) is 8.16. The van der Waals surface area contributed by atoms with Gasteiger partial charge in [0.2, 0.25) is 5.91 Å². The molecule has 26 heavy (non-hydrogen) atoms. The molecule has 10 heteroatoms. The monoisotopic (exact) mass is 363 g/mol. The standard InChI is InChI=1S/C16H21N5O5/c1-3-16(2)14(23)20(15(24)19-16)10-13(22)18-9-8-17-11-6-4-5-7-12(11)21(25)26/h4-7,17H,3,8-10H2,1-2H3,(H,18,22)(H,19,24)/t16-/m1/s1. The number of rotatable bonds is 8. The molecular formula is C16H21N5O5. The molecule has 1 fully saturated rings. The van der Waals surface area contributed by atoms with Gasteiger partial charge in [0.1, 0.15) is 17.8 Å². The molecule has 0 aliphatic carbocycles. The summed E-state index contributed by atoms with van der Waals surface area (Å²) >= 11 is 0. The molecular weight excluding hydrogens is 342 g/mol. The Morgan fingerprint density at radius 1 is 1.31 bits per heavy atom. The molecule has 140 valence electrons. The van der Waals surface area contributed by atoms with Crippen LogP contribution in [0.2, 0.25) is 0 Å². The Bertz CT molecular complexity index is 737. The molecule has 1 aliphatic rings. The van der Waals surface area contributed by atoms with Crippen molar-refractivity contribution < 1.29 is 19.3 Å². The third-order valence-corrected chi connectivity index (χ3v) is 4.22. The van der Waals surface area contributed by atoms with Crippen molar-refractivity contribution in [3.8, 4) is 0 Å². The number of hydrogen-bond donors (Lipinski definition) is 3. The van der Waals surface area contributed by atoms with Crippen LogP contribution < -0.4 is 16.0 Å². The SMILES string of the molecule is CC[C@@]1(C)NC(=O)N(CC(=O)NCCNc2ccccc2[N+](=O)[O-])C1=O. The van der Waals surface area contributed by atoms with E-state index in [0.29, 0.717) is 12.1 Å². The maximum absolute atomic E-state index is 12.2. The predicted molar refractivity (Wildman–Crippen MR) is 93.5 cm³/mol. The lowest BCUT2D eigenvalue weighted by Crippen LogP contribution is -2.45. The van der Waals surface area contributed by atoms with Crippen LogP contribution in [0.3, 0.4) is 0 Å². The number of amides is 4. The number of nitrogens with one attached hydrogen (secondary N) is 3. The van der Waals surface area contributed by atoms with Gasteiger partial charge in [-0.25, -0.2) is 4.79 Å². The number of nitro benzene ring substituents is 1. The minimum absolute atomic E-state index is 0.0583. The Morgan fingerprint density at radius 2 is 2.00 bits per heavy atom. The second kappa shape index (κ2) is 7.81. The fraction of sp³-hybridized carbons (Fsp3) is 0.438. The first kappa shape index (κ1) is 19.2. The number of benzene rings is 1. The zero-order valence-electron chi connectivity index (χ0n) is 14.6. The van der Waals surface area contributed by atoms with Gasteiger partial charge in [-0.1, -0.05) is 19.1 Å². The van der Waals surface area contributed by atoms with Crippen LogP contribution in [-0.2, 0) is 9.59 Å². The summed E-state index contributed by atoms with van der Waals surface area (Å²) in [5, 5.41) is 18.9. The van der Waals surface area contributed by atoms with E-state index in [0.717, 1.165) is 4.90 Å². The summed E-state index contributed by atoms with van der Waals surface area (Å²) in [6.45, 7) is 3.45. The van der Waals surface area contributed by atoms with Crippen LogP contribution in [0.5, 0.6) is 0 Å². The van der Waals surface area contributed by atoms with Crippen LogP contribution in [0.15, 0.2) is 24.3 Å². The average molecular weight is 363 g/mol. The lowest BCUT2D eigenvalue weighted by molar-refractivity contribution is -0.384. The van der Waals surface area contributed by atoms with Gasteiger partial charge in [0, 0.05) is 19.2 Å². The minimum atomic E-state index is -0.981. The van der Waals surface area contributed by atoms with Gasteiger partial charge in [0.05, 0.1) is 4.92 Å². The second-order valence-electron chi connectivity index (χ2n) is 6.06. The van der Waals surface area contributed by atoms with E-state index in [9.17, 15) is 24.5 Å². The molecule has 0 bridgehead atoms. The van der Waals surface area contributed by atoms with E-state index in [1.54, 1.807) is 32.0 Å². The van der Waals surface area contributed by atoms with Gasteiger partial charge < -0.3 is 16.0 Å². The number of para-hydroxylation sites is 2. The van der Waals surface area contributed by atoms with Gasteiger partial charge >= 0.3 is 6.03 Å². The first-order chi connectivity index (χ1) is 12.3. The van der Waals surface area contributed by atoms with Gasteiger partial charge in [-0.15, -0.1) is 0 Å². The smallest absolute Gasteiger partial charge is 0.325 e. The number of hydrogen-bond acceptors (Lipinski definition) is 6. The molecule has 0 spiro atoms. The van der Waals surface area contributed by atoms with Crippen molar-refractivity contribution in [2.75, 3.05) is 25.0 Å². The molecule has 2 rings (SSSR count). The summed E-state index contributed by atoms with van der Waals surface area (Å²) in [7, 11) is 0. The van der Waals surface area contributed by atoms with E-state index in [1.807, 2.05) is 0 Å². The molecule has 10 nitrogen and oxygen atoms in total. The van der Waals surface area contributed by atoms with Crippen LogP contribution in [-0.4, -0.2) is 52.8 Å². The topological polar surface area (TPSA) is 134 Å². The lowest BCUT2D eigenvalue weighted by Gasteiger charge is -2.19. The average Bonchev–Trinajstić information content (AvgIpc) is 2.82. The van der Waals surface area contributed by atoms with E-state index < -0.39 is 28.3 Å². The Kier molecular flexibility index (Phi) is 5.75. The highest BCUT2D eigenvalue weighted by molar-refractivity contribution is 6.08. The predicted octanol–water partition coefficient (Wildman–Crippen LogP) is 0.843. The molecule has 1 aromatic carbocycles. The summed E-state index contributed by atoms with van der Waals surface area (Å²) in [6.07, 6.45) is 0.426. The molecule has 1 atom stereocenters. The zero-order valence-corrected chi connectivity index (χ0v) is 14.6. The second-order valence-corrected chi connectivity index (χ2v) is 6.06. The van der Waals surface area contributed by atoms with Crippen LogP contribution >= 0.6 is 0 Å². The number of nitrogens with zero attached hydrogens (tertiary/aromatic N) is 2. The maximum Gasteiger partial charge on any atom is 0.325 e. The fourth-order valence-corrected chi connectivity index (χ4v) is 2.51. The van der Waals surface area contributed by atoms with E-state index in [2.05, 4.69) is 16.0 Å². The molecule has 0 aromatic heterocycles. The molecule has 1 heterocycles. The third-order valence-electron chi connectivity index (χ3n) is 4.22. The minimum Gasteiger partial charge on any atom is -0.378 e. The van der Waals surface area contributed by atoms with Crippen molar-refractivity contribution >= 4 is 29.2 Å². The van der Waals surface area contributed by atoms with Crippen molar-refractivity contribution in [3.05, 3.63) is 34.4 Å². The van der Waals surface area contributed by atoms with E-state index in [4.69, 9.17) is 0 Å². The molecule has 1 saturated heterocycles. The van der Waals surface area contributed by atoms with Crippen LogP contribution in [0, 0.1) is 10.1 Å². The van der Waals surface area contributed by atoms with Gasteiger partial charge in [0.25, 0.3) is 11.6 Å². The van der Waals surface area contributed by atoms with E-state index >= 15 is 0 Å². The van der Waals surface area contributed by atoms with Crippen LogP contribution in [0.25, 0.3) is 0 Å². The molecule has 0 unspecified atom stereocenters. The highest BCUT2D eigenvalue weighted by Gasteiger charge is 2.46. The van der Waals surface area contributed by atoms with E-state index in [1.165, 1.54) is 6.07 Å². The summed E-state index contributed by atoms with van der Waals surface area (Å²) in [5.41, 5.74) is -0.692. The number of carbonyl (C=O) groups is 3. The summed E-state index contributed by atoms with van der Waals surface area (Å²) in [6, 6.07) is 5.58. The number of urea groups is 1. The van der Waals surface area contributed by atoms with E-state index in [-0.39, 0.29) is 25.3 Å². The Morgan fingerprint density at radius 3 is 2.62 bits per heavy atom. The number of imide groups is 1. The Hall–Kier alpha value is -3.17. The zero-order chi connectivity index (χ0) is 19.3. The van der Waals surface area contributed by atoms with Crippen LogP contribution in [0.1, 0.15) is 20.3 Å². The van der Waals surface area contributed by atoms with Crippen molar-refractivity contribution in [1.29, 1.82) is 0 Å². The van der Waals surface area contributed by atoms with Gasteiger partial charge in [-0.05, 0) is 19.4 Å². The summed E-state index contributed by atoms with van der Waals surface area (Å²) in [5.74, 6) is -0.920. The number of nitro groups is 1. The molecule has 4 amide bonds. The Balaban J connectivity index is 1.81. The van der Waals surface area contributed by atoms with Crippen molar-refractivity contribution in [3.63, 3.8) is 0 Å². The molecule has 1 aromatic rings. The largest absolute Gasteiger partial charge is 0.378 e. The third kappa shape index (κ3) is 4.08. The van der Waals surface area contributed by atoms with Gasteiger partial charge in [-0.3, -0.25) is 24.6 Å². The summed E-state index contributed by atoms with van der Waals surface area (Å²) in [4.78, 5) is 47.3. The fourth-order valence-electron chi connectivity index (χ4n) is 2.51. The molecule has 0 radical (unpaired) electrons. The molecule has 0 saturated carbocycles. The van der Waals surface area contributed by atoms with Gasteiger partial charge in [0.15, 0.2) is 0 Å². The molecule has 3 N–H and O–H groups in total. The van der Waals surface area contributed by atoms with Crippen LogP contribution in [0.4, 0.5) is 16.2 Å². The summed E-state index contributed by atoms with van der Waals surface area (Å²) < 4.78 is 0. The Labute approximate surface area is 150 Å². The molecule has 1 aliphatic heterocycles. The number of carbonyl (C=O) groups excluding carboxylic acids is 3. The van der Waals surface area contributed by atoms with Gasteiger partial charge in [-0.2, -0.15) is 0 Å². The first-order valence-electron chi connectivity index (χ1n) is 8.16. The lowest BCUT2D eigenvalue weighted by atomic mass is 9.99. The quantitative estimate of drug-likeness (QED) is 0.271.